The molecule has 0 radical (unpaired) electrons. The van der Waals surface area contributed by atoms with Crippen molar-refractivity contribution in [1.82, 2.24) is 10.2 Å². The lowest BCUT2D eigenvalue weighted by Gasteiger charge is -2.32. The third-order valence-electron chi connectivity index (χ3n) is 8.39. The summed E-state index contributed by atoms with van der Waals surface area (Å²) in [6.07, 6.45) is 5.11. The number of benzene rings is 5. The van der Waals surface area contributed by atoms with Crippen molar-refractivity contribution in [2.75, 3.05) is 10.8 Å². The first-order valence-corrected chi connectivity index (χ1v) is 18.1. The van der Waals surface area contributed by atoms with Gasteiger partial charge in [-0.15, -0.1) is 0 Å². The highest BCUT2D eigenvalue weighted by Gasteiger charge is 2.35. The van der Waals surface area contributed by atoms with Crippen LogP contribution >= 0.6 is 12.2 Å². The lowest BCUT2D eigenvalue weighted by Crippen LogP contribution is -2.34. The maximum atomic E-state index is 14.5. The van der Waals surface area contributed by atoms with Gasteiger partial charge in [0, 0.05) is 12.1 Å². The number of amides is 1. The molecule has 1 amide bonds. The van der Waals surface area contributed by atoms with Gasteiger partial charge in [-0.3, -0.25) is 9.69 Å². The van der Waals surface area contributed by atoms with E-state index in [-0.39, 0.29) is 22.7 Å². The quantitative estimate of drug-likeness (QED) is 0.106. The Morgan fingerprint density at radius 1 is 0.796 bits per heavy atom. The average molecular weight is 684 g/mol. The molecule has 5 aromatic rings. The highest BCUT2D eigenvalue weighted by molar-refractivity contribution is 7.91. The molecule has 0 bridgehead atoms. The summed E-state index contributed by atoms with van der Waals surface area (Å²) < 4.78 is 29.0. The lowest BCUT2D eigenvalue weighted by atomic mass is 9.97. The fourth-order valence-corrected chi connectivity index (χ4v) is 7.72. The minimum atomic E-state index is -3.91. The monoisotopic (exact) mass is 683 g/mol. The molecule has 1 heterocycles. The van der Waals surface area contributed by atoms with Gasteiger partial charge in [0.25, 0.3) is 5.91 Å². The Morgan fingerprint density at radius 3 is 1.92 bits per heavy atom. The molecule has 49 heavy (non-hydrogen) atoms. The van der Waals surface area contributed by atoms with Crippen molar-refractivity contribution in [2.45, 2.75) is 31.0 Å². The molecular formula is C41H37N3O3S2. The predicted octanol–water partition coefficient (Wildman–Crippen LogP) is 8.09. The Balaban J connectivity index is 1.41. The Morgan fingerprint density at radius 2 is 1.35 bits per heavy atom. The molecule has 0 unspecified atom stereocenters. The first-order valence-electron chi connectivity index (χ1n) is 16.1. The van der Waals surface area contributed by atoms with Gasteiger partial charge in [-0.1, -0.05) is 140 Å². The minimum Gasteiger partial charge on any atom is -0.353 e. The summed E-state index contributed by atoms with van der Waals surface area (Å²) in [4.78, 5) is 18.1. The van der Waals surface area contributed by atoms with E-state index in [0.29, 0.717) is 34.9 Å². The molecule has 0 aromatic heterocycles. The number of rotatable bonds is 12. The van der Waals surface area contributed by atoms with Crippen LogP contribution in [0.2, 0.25) is 0 Å². The predicted molar refractivity (Wildman–Crippen MR) is 201 cm³/mol. The summed E-state index contributed by atoms with van der Waals surface area (Å²) in [5.41, 5.74) is 5.45. The number of allylic oxidation sites excluding steroid dienone is 1. The minimum absolute atomic E-state index is 0.136. The molecule has 0 saturated carbocycles. The fourth-order valence-electron chi connectivity index (χ4n) is 6.14. The summed E-state index contributed by atoms with van der Waals surface area (Å²) in [5.74, 6) is -0.492. The van der Waals surface area contributed by atoms with E-state index in [1.165, 1.54) is 0 Å². The molecule has 1 aliphatic heterocycles. The Bertz CT molecular complexity index is 2040. The third-order valence-corrected chi connectivity index (χ3v) is 10.3. The SMILES string of the molecule is C/C=C\NC(=S)/C=C1/C(=O)N(Cc2ccccc2)c2ccc(S(=O)(=O)CN(Cc3ccccc3)C(c3ccccc3)c3ccccc3)cc21. The first-order chi connectivity index (χ1) is 23.8. The van der Waals surface area contributed by atoms with Crippen LogP contribution in [0.1, 0.15) is 40.8 Å². The maximum Gasteiger partial charge on any atom is 0.259 e. The molecule has 0 fully saturated rings. The number of hydrogen-bond acceptors (Lipinski definition) is 5. The van der Waals surface area contributed by atoms with E-state index in [4.69, 9.17) is 12.2 Å². The molecule has 6 nitrogen and oxygen atoms in total. The van der Waals surface area contributed by atoms with Gasteiger partial charge < -0.3 is 10.2 Å². The van der Waals surface area contributed by atoms with Crippen LogP contribution in [0.3, 0.4) is 0 Å². The normalized spacial score (nSPS) is 13.8. The van der Waals surface area contributed by atoms with E-state index >= 15 is 0 Å². The molecule has 5 aromatic carbocycles. The van der Waals surface area contributed by atoms with E-state index in [1.54, 1.807) is 41.5 Å². The van der Waals surface area contributed by atoms with Crippen LogP contribution in [-0.4, -0.2) is 30.1 Å². The first kappa shape index (κ1) is 33.7. The van der Waals surface area contributed by atoms with Crippen LogP contribution < -0.4 is 10.2 Å². The third kappa shape index (κ3) is 7.95. The van der Waals surface area contributed by atoms with Gasteiger partial charge >= 0.3 is 0 Å². The van der Waals surface area contributed by atoms with Crippen molar-refractivity contribution in [3.05, 3.63) is 186 Å². The van der Waals surface area contributed by atoms with Gasteiger partial charge in [0.2, 0.25) is 0 Å². The van der Waals surface area contributed by atoms with Crippen molar-refractivity contribution < 1.29 is 13.2 Å². The largest absolute Gasteiger partial charge is 0.353 e. The second-order valence-corrected chi connectivity index (χ2v) is 14.2. The van der Waals surface area contributed by atoms with Crippen molar-refractivity contribution in [1.29, 1.82) is 0 Å². The lowest BCUT2D eigenvalue weighted by molar-refractivity contribution is -0.113. The van der Waals surface area contributed by atoms with E-state index in [2.05, 4.69) is 5.32 Å². The van der Waals surface area contributed by atoms with E-state index in [0.717, 1.165) is 22.3 Å². The van der Waals surface area contributed by atoms with E-state index in [1.807, 2.05) is 133 Å². The summed E-state index contributed by atoms with van der Waals surface area (Å²) in [7, 11) is -3.91. The molecular weight excluding hydrogens is 647 g/mol. The molecule has 0 spiro atoms. The molecule has 246 valence electrons. The smallest absolute Gasteiger partial charge is 0.259 e. The number of carbonyl (C=O) groups is 1. The highest BCUT2D eigenvalue weighted by Crippen LogP contribution is 2.40. The van der Waals surface area contributed by atoms with Crippen molar-refractivity contribution in [3.8, 4) is 0 Å². The van der Waals surface area contributed by atoms with Crippen molar-refractivity contribution in [3.63, 3.8) is 0 Å². The summed E-state index contributed by atoms with van der Waals surface area (Å²) in [5, 5.41) is 2.99. The molecule has 0 saturated heterocycles. The van der Waals surface area contributed by atoms with Crippen LogP contribution in [0.25, 0.3) is 5.57 Å². The number of thiocarbonyl (C=S) groups is 1. The zero-order chi connectivity index (χ0) is 34.2. The zero-order valence-corrected chi connectivity index (χ0v) is 28.8. The molecule has 1 aliphatic rings. The van der Waals surface area contributed by atoms with Crippen LogP contribution in [0.5, 0.6) is 0 Å². The fraction of sp³-hybridized carbons (Fsp3) is 0.122. The van der Waals surface area contributed by atoms with Crippen LogP contribution in [0, 0.1) is 0 Å². The van der Waals surface area contributed by atoms with Gasteiger partial charge in [-0.25, -0.2) is 8.42 Å². The molecule has 8 heteroatoms. The maximum absolute atomic E-state index is 14.5. The molecule has 1 N–H and O–H groups in total. The number of anilines is 1. The zero-order valence-electron chi connectivity index (χ0n) is 27.1. The number of hydrogen-bond donors (Lipinski definition) is 1. The second-order valence-electron chi connectivity index (χ2n) is 11.8. The van der Waals surface area contributed by atoms with Crippen LogP contribution in [0.4, 0.5) is 5.69 Å². The summed E-state index contributed by atoms with van der Waals surface area (Å²) in [6.45, 7) is 2.60. The average Bonchev–Trinajstić information content (AvgIpc) is 3.38. The number of carbonyl (C=O) groups excluding carboxylic acids is 1. The Hall–Kier alpha value is -5.15. The Kier molecular flexibility index (Phi) is 10.6. The van der Waals surface area contributed by atoms with Crippen molar-refractivity contribution >= 4 is 44.2 Å². The molecule has 6 rings (SSSR count). The van der Waals surface area contributed by atoms with E-state index < -0.39 is 9.84 Å². The van der Waals surface area contributed by atoms with Gasteiger partial charge in [-0.05, 0) is 59.7 Å². The summed E-state index contributed by atoms with van der Waals surface area (Å²) in [6, 6.07) is 44.2. The highest BCUT2D eigenvalue weighted by atomic mass is 32.2. The van der Waals surface area contributed by atoms with Crippen molar-refractivity contribution in [2.24, 2.45) is 0 Å². The van der Waals surface area contributed by atoms with Crippen LogP contribution in [-0.2, 0) is 27.7 Å². The summed E-state index contributed by atoms with van der Waals surface area (Å²) >= 11 is 5.52. The molecule has 0 aliphatic carbocycles. The second kappa shape index (κ2) is 15.4. The van der Waals surface area contributed by atoms with Crippen LogP contribution in [0.15, 0.2) is 163 Å². The number of nitrogens with one attached hydrogen (secondary N) is 1. The van der Waals surface area contributed by atoms with Gasteiger partial charge in [0.15, 0.2) is 9.84 Å². The Labute approximate surface area is 294 Å². The number of sulfone groups is 1. The molecule has 0 atom stereocenters. The van der Waals surface area contributed by atoms with Gasteiger partial charge in [0.05, 0.1) is 28.7 Å². The van der Waals surface area contributed by atoms with Gasteiger partial charge in [0.1, 0.15) is 10.9 Å². The number of nitrogens with zero attached hydrogens (tertiary/aromatic N) is 2. The van der Waals surface area contributed by atoms with E-state index in [9.17, 15) is 13.2 Å². The number of fused-ring (bicyclic) bond motifs is 1. The van der Waals surface area contributed by atoms with Gasteiger partial charge in [-0.2, -0.15) is 0 Å². The topological polar surface area (TPSA) is 69.7 Å². The standard InChI is InChI=1S/C41H37N3O3S2/c1-2-25-42-39(48)27-37-36-26-35(23-24-38(36)44(41(37)45)29-32-17-9-4-10-18-32)49(46,47)30-43(28-31-15-7-3-8-16-31)40(33-19-11-5-12-20-33)34-21-13-6-14-22-34/h2-27,40H,28-30H2,1H3,(H,42,48)/b25-2-,37-27+.